The molecule has 1 saturated heterocycles. The second kappa shape index (κ2) is 6.91. The van der Waals surface area contributed by atoms with Gasteiger partial charge in [0.1, 0.15) is 5.41 Å². The van der Waals surface area contributed by atoms with Gasteiger partial charge < -0.3 is 15.5 Å². The molecule has 0 bridgehead atoms. The van der Waals surface area contributed by atoms with E-state index in [1.54, 1.807) is 24.3 Å². The van der Waals surface area contributed by atoms with Gasteiger partial charge in [0, 0.05) is 44.1 Å². The van der Waals surface area contributed by atoms with Crippen LogP contribution in [0.15, 0.2) is 61.2 Å². The van der Waals surface area contributed by atoms with Gasteiger partial charge in [-0.1, -0.05) is 24.3 Å². The molecule has 2 aliphatic heterocycles. The molecule has 2 unspecified atom stereocenters. The third kappa shape index (κ3) is 2.57. The maximum absolute atomic E-state index is 13.5. The van der Waals surface area contributed by atoms with Gasteiger partial charge in [0.05, 0.1) is 11.6 Å². The Balaban J connectivity index is 1.63. The summed E-state index contributed by atoms with van der Waals surface area (Å²) in [6, 6.07) is 11.0. The lowest BCUT2D eigenvalue weighted by Crippen LogP contribution is -2.42. The number of likely N-dealkylation sites (tertiary alicyclic amines) is 1. The largest absolute Gasteiger partial charge is 0.357 e. The number of nitrogens with zero attached hydrogens (tertiary/aromatic N) is 4. The van der Waals surface area contributed by atoms with Crippen molar-refractivity contribution in [3.05, 3.63) is 77.9 Å². The first kappa shape index (κ1) is 18.2. The second-order valence-electron chi connectivity index (χ2n) is 7.45. The van der Waals surface area contributed by atoms with Crippen LogP contribution in [0.4, 0.5) is 11.6 Å². The first-order chi connectivity index (χ1) is 14.6. The van der Waals surface area contributed by atoms with Crippen molar-refractivity contribution in [2.24, 2.45) is 0 Å². The van der Waals surface area contributed by atoms with E-state index in [1.165, 1.54) is 12.4 Å². The molecule has 0 aliphatic carbocycles. The van der Waals surface area contributed by atoms with E-state index in [1.807, 2.05) is 36.4 Å². The average Bonchev–Trinajstić information content (AvgIpc) is 3.33. The molecular weight excluding hydrogens is 380 g/mol. The van der Waals surface area contributed by atoms with Crippen molar-refractivity contribution in [3.63, 3.8) is 0 Å². The topological polar surface area (TPSA) is 100 Å². The SMILES string of the molecule is CNc1ncc(C(=O)N2CCC3(C(=O)Nc4ccccc43)C2c2cccnc2)cn1. The monoisotopic (exact) mass is 400 g/mol. The molecule has 2 aromatic heterocycles. The Morgan fingerprint density at radius 3 is 2.70 bits per heavy atom. The first-order valence-electron chi connectivity index (χ1n) is 9.77. The number of carbonyl (C=O) groups excluding carboxylic acids is 2. The van der Waals surface area contributed by atoms with E-state index in [0.29, 0.717) is 24.5 Å². The van der Waals surface area contributed by atoms with E-state index in [2.05, 4.69) is 25.6 Å². The minimum Gasteiger partial charge on any atom is -0.357 e. The molecule has 0 radical (unpaired) electrons. The highest BCUT2D eigenvalue weighted by atomic mass is 16.2. The standard InChI is InChI=1S/C22H20N6O2/c1-23-21-25-12-15(13-26-21)19(29)28-10-8-22(18(28)14-5-4-9-24-11-14)16-6-2-3-7-17(16)27-20(22)30/h2-7,9,11-13,18H,8,10H2,1H3,(H,27,30)(H,23,25,26). The number of hydrogen-bond acceptors (Lipinski definition) is 6. The Kier molecular flexibility index (Phi) is 4.20. The summed E-state index contributed by atoms with van der Waals surface area (Å²) in [7, 11) is 1.72. The van der Waals surface area contributed by atoms with Gasteiger partial charge in [0.25, 0.3) is 5.91 Å². The normalized spacial score (nSPS) is 22.1. The molecule has 2 N–H and O–H groups in total. The molecular formula is C22H20N6O2. The van der Waals surface area contributed by atoms with Gasteiger partial charge in [-0.3, -0.25) is 14.6 Å². The fourth-order valence-electron chi connectivity index (χ4n) is 4.64. The smallest absolute Gasteiger partial charge is 0.257 e. The molecule has 1 spiro atoms. The first-order valence-corrected chi connectivity index (χ1v) is 9.77. The fraction of sp³-hybridized carbons (Fsp3) is 0.227. The Morgan fingerprint density at radius 2 is 1.97 bits per heavy atom. The summed E-state index contributed by atoms with van der Waals surface area (Å²) in [6.07, 6.45) is 6.96. The molecule has 1 fully saturated rings. The summed E-state index contributed by atoms with van der Waals surface area (Å²) < 4.78 is 0. The van der Waals surface area contributed by atoms with Crippen LogP contribution in [0.5, 0.6) is 0 Å². The highest BCUT2D eigenvalue weighted by Crippen LogP contribution is 2.54. The summed E-state index contributed by atoms with van der Waals surface area (Å²) >= 11 is 0. The van der Waals surface area contributed by atoms with Crippen LogP contribution in [0.25, 0.3) is 0 Å². The van der Waals surface area contributed by atoms with Crippen molar-refractivity contribution in [2.75, 3.05) is 24.2 Å². The number of para-hydroxylation sites is 1. The van der Waals surface area contributed by atoms with Gasteiger partial charge in [0.2, 0.25) is 11.9 Å². The van der Waals surface area contributed by atoms with Gasteiger partial charge in [-0.2, -0.15) is 0 Å². The molecule has 1 aromatic carbocycles. The van der Waals surface area contributed by atoms with Crippen LogP contribution in [-0.2, 0) is 10.2 Å². The number of carbonyl (C=O) groups is 2. The number of pyridine rings is 1. The van der Waals surface area contributed by atoms with Crippen molar-refractivity contribution in [1.29, 1.82) is 0 Å². The lowest BCUT2D eigenvalue weighted by molar-refractivity contribution is -0.121. The maximum atomic E-state index is 13.5. The predicted molar refractivity (Wildman–Crippen MR) is 111 cm³/mol. The minimum atomic E-state index is -0.860. The number of nitrogens with one attached hydrogen (secondary N) is 2. The maximum Gasteiger partial charge on any atom is 0.257 e. The molecule has 8 nitrogen and oxygen atoms in total. The van der Waals surface area contributed by atoms with E-state index in [9.17, 15) is 9.59 Å². The number of anilines is 2. The third-order valence-electron chi connectivity index (χ3n) is 5.97. The van der Waals surface area contributed by atoms with E-state index in [0.717, 1.165) is 16.8 Å². The van der Waals surface area contributed by atoms with Gasteiger partial charge in [-0.25, -0.2) is 9.97 Å². The van der Waals surface area contributed by atoms with Crippen LogP contribution in [0, 0.1) is 0 Å². The quantitative estimate of drug-likeness (QED) is 0.700. The van der Waals surface area contributed by atoms with Gasteiger partial charge in [-0.15, -0.1) is 0 Å². The van der Waals surface area contributed by atoms with E-state index < -0.39 is 11.5 Å². The highest BCUT2D eigenvalue weighted by Gasteiger charge is 2.59. The summed E-state index contributed by atoms with van der Waals surface area (Å²) in [5, 5.41) is 5.86. The Labute approximate surface area is 173 Å². The van der Waals surface area contributed by atoms with Crippen LogP contribution >= 0.6 is 0 Å². The third-order valence-corrected chi connectivity index (χ3v) is 5.97. The van der Waals surface area contributed by atoms with E-state index >= 15 is 0 Å². The van der Waals surface area contributed by atoms with Gasteiger partial charge in [0.15, 0.2) is 0 Å². The second-order valence-corrected chi connectivity index (χ2v) is 7.45. The molecule has 150 valence electrons. The average molecular weight is 400 g/mol. The molecule has 2 amide bonds. The molecule has 5 rings (SSSR count). The fourth-order valence-corrected chi connectivity index (χ4v) is 4.64. The Hall–Kier alpha value is -3.81. The van der Waals surface area contributed by atoms with Crippen molar-refractivity contribution in [1.82, 2.24) is 19.9 Å². The van der Waals surface area contributed by atoms with Crippen LogP contribution in [0.3, 0.4) is 0 Å². The molecule has 4 heterocycles. The molecule has 0 saturated carbocycles. The molecule has 30 heavy (non-hydrogen) atoms. The minimum absolute atomic E-state index is 0.0883. The van der Waals surface area contributed by atoms with Crippen molar-refractivity contribution in [3.8, 4) is 0 Å². The van der Waals surface area contributed by atoms with Crippen LogP contribution < -0.4 is 10.6 Å². The molecule has 8 heteroatoms. The highest BCUT2D eigenvalue weighted by molar-refractivity contribution is 6.08. The number of amides is 2. The van der Waals surface area contributed by atoms with Gasteiger partial charge >= 0.3 is 0 Å². The van der Waals surface area contributed by atoms with Crippen molar-refractivity contribution < 1.29 is 9.59 Å². The summed E-state index contributed by atoms with van der Waals surface area (Å²) in [5.74, 6) is 0.146. The molecule has 3 aromatic rings. The van der Waals surface area contributed by atoms with Crippen LogP contribution in [0.2, 0.25) is 0 Å². The van der Waals surface area contributed by atoms with E-state index in [-0.39, 0.29) is 11.8 Å². The van der Waals surface area contributed by atoms with Crippen LogP contribution in [0.1, 0.15) is 33.9 Å². The number of fused-ring (bicyclic) bond motifs is 2. The summed E-state index contributed by atoms with van der Waals surface area (Å²) in [5.41, 5.74) is 2.06. The zero-order valence-electron chi connectivity index (χ0n) is 16.4. The van der Waals surface area contributed by atoms with Crippen LogP contribution in [-0.4, -0.2) is 45.3 Å². The lowest BCUT2D eigenvalue weighted by atomic mass is 9.73. The molecule has 2 atom stereocenters. The van der Waals surface area contributed by atoms with Gasteiger partial charge in [-0.05, 0) is 29.7 Å². The van der Waals surface area contributed by atoms with E-state index in [4.69, 9.17) is 0 Å². The zero-order chi connectivity index (χ0) is 20.7. The summed E-state index contributed by atoms with van der Waals surface area (Å²) in [6.45, 7) is 0.438. The Morgan fingerprint density at radius 1 is 1.17 bits per heavy atom. The molecule has 2 aliphatic rings. The van der Waals surface area contributed by atoms with Crippen molar-refractivity contribution >= 4 is 23.5 Å². The number of rotatable bonds is 3. The summed E-state index contributed by atoms with van der Waals surface area (Å²) in [4.78, 5) is 41.1. The lowest BCUT2D eigenvalue weighted by Gasteiger charge is -2.34. The van der Waals surface area contributed by atoms with Crippen molar-refractivity contribution in [2.45, 2.75) is 17.9 Å². The zero-order valence-corrected chi connectivity index (χ0v) is 16.4. The number of benzene rings is 1. The predicted octanol–water partition coefficient (Wildman–Crippen LogP) is 2.39. The number of aromatic nitrogens is 3. The number of hydrogen-bond donors (Lipinski definition) is 2. The Bertz CT molecular complexity index is 1120.